The molecule has 4 rings (SSSR count). The first-order valence-corrected chi connectivity index (χ1v) is 16.1. The molecular weight excluding hydrogens is 494 g/mol. The summed E-state index contributed by atoms with van der Waals surface area (Å²) in [5, 5.41) is 0. The van der Waals surface area contributed by atoms with E-state index in [9.17, 15) is 8.78 Å². The van der Waals surface area contributed by atoms with E-state index in [0.717, 1.165) is 42.4 Å². The van der Waals surface area contributed by atoms with Gasteiger partial charge < -0.3 is 14.2 Å². The van der Waals surface area contributed by atoms with Gasteiger partial charge in [0, 0.05) is 5.92 Å². The molecule has 1 heterocycles. The lowest BCUT2D eigenvalue weighted by Crippen LogP contribution is -2.36. The van der Waals surface area contributed by atoms with Gasteiger partial charge >= 0.3 is 0 Å². The molecule has 39 heavy (non-hydrogen) atoms. The monoisotopic (exact) mass is 548 g/mol. The van der Waals surface area contributed by atoms with Gasteiger partial charge in [0.05, 0.1) is 26.4 Å². The molecule has 1 saturated heterocycles. The molecule has 4 fully saturated rings. The highest BCUT2D eigenvalue weighted by atomic mass is 19.2. The Kier molecular flexibility index (Phi) is 11.8. The Bertz CT molecular complexity index is 806. The molecule has 2 unspecified atom stereocenters. The van der Waals surface area contributed by atoms with Gasteiger partial charge in [0.1, 0.15) is 0 Å². The third kappa shape index (κ3) is 8.33. The van der Waals surface area contributed by atoms with Crippen molar-refractivity contribution in [1.29, 1.82) is 0 Å². The molecule has 0 bridgehead atoms. The smallest absolute Gasteiger partial charge is 0.203 e. The number of allylic oxidation sites excluding steroid dienone is 2. The number of ether oxygens (including phenoxy) is 3. The van der Waals surface area contributed by atoms with Crippen molar-refractivity contribution in [3.63, 3.8) is 0 Å². The van der Waals surface area contributed by atoms with Gasteiger partial charge in [0.15, 0.2) is 11.5 Å². The topological polar surface area (TPSA) is 27.7 Å². The van der Waals surface area contributed by atoms with Crippen molar-refractivity contribution >= 4 is 0 Å². The lowest BCUT2D eigenvalue weighted by atomic mass is 9.64. The van der Waals surface area contributed by atoms with Crippen LogP contribution in [0.25, 0.3) is 0 Å². The largest absolute Gasteiger partial charge is 0.494 e. The minimum absolute atomic E-state index is 0.174. The minimum Gasteiger partial charge on any atom is -0.494 e. The number of hydrogen-bond acceptors (Lipinski definition) is 3. The van der Waals surface area contributed by atoms with Crippen molar-refractivity contribution in [2.45, 2.75) is 116 Å². The highest BCUT2D eigenvalue weighted by Gasteiger charge is 2.37. The molecule has 3 nitrogen and oxygen atoms in total. The minimum atomic E-state index is -1.17. The van der Waals surface area contributed by atoms with Gasteiger partial charge in [-0.15, -0.1) is 0 Å². The molecule has 3 saturated carbocycles. The fourth-order valence-corrected chi connectivity index (χ4v) is 8.38. The Labute approximate surface area is 236 Å². The molecule has 0 aromatic rings. The molecule has 222 valence electrons. The van der Waals surface area contributed by atoms with Crippen molar-refractivity contribution in [2.24, 2.45) is 41.4 Å². The van der Waals surface area contributed by atoms with E-state index in [0.29, 0.717) is 18.6 Å². The summed E-state index contributed by atoms with van der Waals surface area (Å²) in [5.74, 6) is 2.77. The van der Waals surface area contributed by atoms with E-state index in [2.05, 4.69) is 24.8 Å². The normalized spacial score (nSPS) is 36.5. The SMILES string of the molecule is C=C(OC)/C(F)=C(/F)C(=C)OCC1CCC(C2CCC(C3CCC(C4CCC(CCC)CC4)CC3)CC2)OC1. The maximum Gasteiger partial charge on any atom is 0.203 e. The number of halogens is 2. The molecule has 3 aliphatic carbocycles. The predicted octanol–water partition coefficient (Wildman–Crippen LogP) is 9.84. The highest BCUT2D eigenvalue weighted by Crippen LogP contribution is 2.47. The Morgan fingerprint density at radius 2 is 1.13 bits per heavy atom. The summed E-state index contributed by atoms with van der Waals surface area (Å²) in [7, 11) is 1.24. The zero-order chi connectivity index (χ0) is 27.8. The standard InChI is InChI=1S/C34H54F2O3/c1-5-6-25-7-10-27(11-8-25)28-12-14-29(15-13-28)30-16-18-31(19-17-30)32-20-9-26(22-39-32)21-38-24(3)34(36)33(35)23(2)37-4/h25-32H,2-3,5-22H2,1,4H3/b34-33-. The molecule has 2 atom stereocenters. The van der Waals surface area contributed by atoms with Crippen LogP contribution in [-0.2, 0) is 14.2 Å². The van der Waals surface area contributed by atoms with Crippen LogP contribution >= 0.6 is 0 Å². The molecular formula is C34H54F2O3. The molecule has 0 N–H and O–H groups in total. The molecule has 0 amide bonds. The highest BCUT2D eigenvalue weighted by molar-refractivity contribution is 5.29. The second kappa shape index (κ2) is 15.0. The van der Waals surface area contributed by atoms with Gasteiger partial charge in [-0.2, -0.15) is 8.78 Å². The first-order valence-electron chi connectivity index (χ1n) is 16.1. The maximum atomic E-state index is 14.1. The second-order valence-electron chi connectivity index (χ2n) is 13.2. The molecule has 0 aromatic carbocycles. The first kappa shape index (κ1) is 30.6. The summed E-state index contributed by atoms with van der Waals surface area (Å²) in [5.41, 5.74) is 0. The van der Waals surface area contributed by atoms with E-state index in [1.807, 2.05) is 0 Å². The Morgan fingerprint density at radius 1 is 0.667 bits per heavy atom. The van der Waals surface area contributed by atoms with Gasteiger partial charge in [-0.05, 0) is 113 Å². The van der Waals surface area contributed by atoms with Crippen molar-refractivity contribution in [1.82, 2.24) is 0 Å². The van der Waals surface area contributed by atoms with Crippen molar-refractivity contribution in [3.05, 3.63) is 36.3 Å². The molecule has 0 spiro atoms. The number of hydrogen-bond donors (Lipinski definition) is 0. The van der Waals surface area contributed by atoms with Gasteiger partial charge in [0.25, 0.3) is 0 Å². The van der Waals surface area contributed by atoms with Crippen LogP contribution in [0.5, 0.6) is 0 Å². The van der Waals surface area contributed by atoms with Gasteiger partial charge in [-0.1, -0.05) is 45.8 Å². The fraction of sp³-hybridized carbons (Fsp3) is 0.824. The summed E-state index contributed by atoms with van der Waals surface area (Å²) < 4.78 is 44.3. The summed E-state index contributed by atoms with van der Waals surface area (Å²) in [6.45, 7) is 10.1. The Morgan fingerprint density at radius 3 is 1.59 bits per heavy atom. The lowest BCUT2D eigenvalue weighted by Gasteiger charge is -2.43. The van der Waals surface area contributed by atoms with Crippen LogP contribution in [0, 0.1) is 41.4 Å². The summed E-state index contributed by atoms with van der Waals surface area (Å²) in [6.07, 6.45) is 22.4. The third-order valence-electron chi connectivity index (χ3n) is 10.9. The van der Waals surface area contributed by atoms with Crippen molar-refractivity contribution in [3.8, 4) is 0 Å². The number of rotatable bonds is 11. The molecule has 0 radical (unpaired) electrons. The summed E-state index contributed by atoms with van der Waals surface area (Å²) in [6, 6.07) is 0. The van der Waals surface area contributed by atoms with E-state index in [1.165, 1.54) is 97.0 Å². The summed E-state index contributed by atoms with van der Waals surface area (Å²) in [4.78, 5) is 0. The van der Waals surface area contributed by atoms with Crippen LogP contribution in [0.3, 0.4) is 0 Å². The average molecular weight is 549 g/mol. The first-order chi connectivity index (χ1) is 18.9. The molecule has 5 heteroatoms. The zero-order valence-corrected chi connectivity index (χ0v) is 24.7. The third-order valence-corrected chi connectivity index (χ3v) is 10.9. The van der Waals surface area contributed by atoms with Crippen LogP contribution in [0.15, 0.2) is 36.3 Å². The quantitative estimate of drug-likeness (QED) is 0.190. The average Bonchev–Trinajstić information content (AvgIpc) is 2.99. The van der Waals surface area contributed by atoms with Crippen LogP contribution < -0.4 is 0 Å². The van der Waals surface area contributed by atoms with Gasteiger partial charge in [0.2, 0.25) is 11.7 Å². The van der Waals surface area contributed by atoms with Crippen LogP contribution in [-0.4, -0.2) is 26.4 Å². The van der Waals surface area contributed by atoms with Crippen LogP contribution in [0.4, 0.5) is 8.78 Å². The Hall–Kier alpha value is -1.36. The van der Waals surface area contributed by atoms with E-state index < -0.39 is 11.7 Å². The molecule has 0 aromatic heterocycles. The van der Waals surface area contributed by atoms with Crippen LogP contribution in [0.2, 0.25) is 0 Å². The van der Waals surface area contributed by atoms with E-state index in [4.69, 9.17) is 9.47 Å². The molecule has 1 aliphatic heterocycles. The summed E-state index contributed by atoms with van der Waals surface area (Å²) >= 11 is 0. The van der Waals surface area contributed by atoms with E-state index in [-0.39, 0.29) is 24.0 Å². The number of methoxy groups -OCH3 is 1. The fourth-order valence-electron chi connectivity index (χ4n) is 8.38. The van der Waals surface area contributed by atoms with Crippen molar-refractivity contribution in [2.75, 3.05) is 20.3 Å². The molecule has 4 aliphatic rings. The van der Waals surface area contributed by atoms with E-state index >= 15 is 0 Å². The Balaban J connectivity index is 1.11. The predicted molar refractivity (Wildman–Crippen MR) is 154 cm³/mol. The second-order valence-corrected chi connectivity index (χ2v) is 13.2. The van der Waals surface area contributed by atoms with Crippen LogP contribution in [0.1, 0.15) is 110 Å². The van der Waals surface area contributed by atoms with Crippen molar-refractivity contribution < 1.29 is 23.0 Å². The van der Waals surface area contributed by atoms with Gasteiger partial charge in [-0.3, -0.25) is 0 Å². The van der Waals surface area contributed by atoms with Gasteiger partial charge in [-0.25, -0.2) is 0 Å². The lowest BCUT2D eigenvalue weighted by molar-refractivity contribution is -0.0716. The maximum absolute atomic E-state index is 14.1. The van der Waals surface area contributed by atoms with E-state index in [1.54, 1.807) is 0 Å². The zero-order valence-electron chi connectivity index (χ0n) is 24.7.